The maximum atomic E-state index is 5.01. The number of hydrogen-bond acceptors (Lipinski definition) is 1. The molecule has 0 amide bonds. The monoisotopic (exact) mass is 164 g/mol. The van der Waals surface area contributed by atoms with Crippen molar-refractivity contribution >= 4 is 0 Å². The van der Waals surface area contributed by atoms with E-state index in [1.54, 1.807) is 0 Å². The number of hydrogen-bond donors (Lipinski definition) is 0. The molecule has 0 saturated carbocycles. The highest BCUT2D eigenvalue weighted by molar-refractivity contribution is 5.03. The lowest BCUT2D eigenvalue weighted by Gasteiger charge is -1.96. The molecule has 0 N–H and O–H groups in total. The van der Waals surface area contributed by atoms with Crippen LogP contribution in [-0.2, 0) is 11.3 Å². The van der Waals surface area contributed by atoms with E-state index in [0.717, 1.165) is 6.54 Å². The minimum absolute atomic E-state index is 0.678. The first kappa shape index (κ1) is 8.78. The van der Waals surface area contributed by atoms with Crippen LogP contribution in [-0.4, -0.2) is 6.61 Å². The van der Waals surface area contributed by atoms with E-state index in [4.69, 9.17) is 4.74 Å². The van der Waals surface area contributed by atoms with Gasteiger partial charge in [-0.15, -0.1) is 0 Å². The maximum Gasteiger partial charge on any atom is 0.182 e. The molecule has 1 heterocycles. The number of aryl methyl sites for hydroxylation is 1. The second kappa shape index (κ2) is 4.54. The summed E-state index contributed by atoms with van der Waals surface area (Å²) in [5, 5.41) is 0. The van der Waals surface area contributed by atoms with E-state index in [0.29, 0.717) is 6.61 Å². The summed E-state index contributed by atoms with van der Waals surface area (Å²) in [7, 11) is 0. The summed E-state index contributed by atoms with van der Waals surface area (Å²) >= 11 is 0. The summed E-state index contributed by atoms with van der Waals surface area (Å²) in [5.41, 5.74) is 1.27. The fourth-order valence-corrected chi connectivity index (χ4v) is 0.922. The Morgan fingerprint density at radius 1 is 1.50 bits per heavy atom. The van der Waals surface area contributed by atoms with Crippen molar-refractivity contribution in [2.24, 2.45) is 0 Å². The van der Waals surface area contributed by atoms with Crippen molar-refractivity contribution in [3.63, 3.8) is 0 Å². The van der Waals surface area contributed by atoms with Gasteiger partial charge in [-0.2, -0.15) is 0 Å². The number of pyridine rings is 1. The van der Waals surface area contributed by atoms with Gasteiger partial charge in [-0.25, -0.2) is 4.57 Å². The molecule has 0 aliphatic rings. The van der Waals surface area contributed by atoms with Crippen LogP contribution < -0.4 is 4.57 Å². The Labute approximate surface area is 73.1 Å². The van der Waals surface area contributed by atoms with Gasteiger partial charge in [0.1, 0.15) is 6.61 Å². The molecule has 1 aromatic heterocycles. The van der Waals surface area contributed by atoms with Crippen LogP contribution in [0.3, 0.4) is 0 Å². The quantitative estimate of drug-likeness (QED) is 0.373. The normalized spacial score (nSPS) is 9.42. The first-order chi connectivity index (χ1) is 5.83. The third-order valence-electron chi connectivity index (χ3n) is 1.64. The summed E-state index contributed by atoms with van der Waals surface area (Å²) in [6.07, 6.45) is 5.55. The Morgan fingerprint density at radius 2 is 2.17 bits per heavy atom. The largest absolute Gasteiger partial charge is 0.495 e. The van der Waals surface area contributed by atoms with Gasteiger partial charge in [0.15, 0.2) is 18.9 Å². The van der Waals surface area contributed by atoms with Crippen molar-refractivity contribution in [3.05, 3.63) is 42.9 Å². The summed E-state index contributed by atoms with van der Waals surface area (Å²) in [6.45, 7) is 7.09. The second-order valence-corrected chi connectivity index (χ2v) is 2.65. The van der Waals surface area contributed by atoms with E-state index in [1.165, 1.54) is 11.8 Å². The molecule has 0 unspecified atom stereocenters. The third kappa shape index (κ3) is 2.74. The van der Waals surface area contributed by atoms with Crippen LogP contribution in [0.1, 0.15) is 5.56 Å². The lowest BCUT2D eigenvalue weighted by atomic mass is 10.3. The Balaban J connectivity index is 2.42. The second-order valence-electron chi connectivity index (χ2n) is 2.65. The zero-order valence-electron chi connectivity index (χ0n) is 7.36. The highest BCUT2D eigenvalue weighted by Gasteiger charge is 1.96. The predicted molar refractivity (Wildman–Crippen MR) is 47.5 cm³/mol. The highest BCUT2D eigenvalue weighted by Crippen LogP contribution is 1.89. The fourth-order valence-electron chi connectivity index (χ4n) is 0.922. The van der Waals surface area contributed by atoms with Gasteiger partial charge in [0, 0.05) is 12.1 Å². The molecular weight excluding hydrogens is 150 g/mol. The van der Waals surface area contributed by atoms with E-state index < -0.39 is 0 Å². The molecule has 12 heavy (non-hydrogen) atoms. The molecular formula is C10H14NO+. The van der Waals surface area contributed by atoms with Gasteiger partial charge in [0.2, 0.25) is 0 Å². The molecule has 0 aliphatic carbocycles. The SMILES string of the molecule is C=COCC[n+]1ccc(C)cc1. The Hall–Kier alpha value is -1.31. The predicted octanol–water partition coefficient (Wildman–Crippen LogP) is 1.44. The Morgan fingerprint density at radius 3 is 2.75 bits per heavy atom. The first-order valence-electron chi connectivity index (χ1n) is 4.01. The number of ether oxygens (including phenoxy) is 1. The average Bonchev–Trinajstić information content (AvgIpc) is 2.09. The first-order valence-corrected chi connectivity index (χ1v) is 4.01. The molecule has 0 radical (unpaired) electrons. The van der Waals surface area contributed by atoms with Gasteiger partial charge in [-0.05, 0) is 12.5 Å². The van der Waals surface area contributed by atoms with Crippen molar-refractivity contribution in [1.29, 1.82) is 0 Å². The molecule has 1 rings (SSSR count). The van der Waals surface area contributed by atoms with Crippen LogP contribution in [0.2, 0.25) is 0 Å². The molecule has 2 heteroatoms. The zero-order valence-corrected chi connectivity index (χ0v) is 7.36. The lowest BCUT2D eigenvalue weighted by molar-refractivity contribution is -0.698. The van der Waals surface area contributed by atoms with Crippen LogP contribution >= 0.6 is 0 Å². The van der Waals surface area contributed by atoms with Gasteiger partial charge in [0.05, 0.1) is 6.26 Å². The van der Waals surface area contributed by atoms with E-state index in [2.05, 4.69) is 30.2 Å². The fraction of sp³-hybridized carbons (Fsp3) is 0.300. The van der Waals surface area contributed by atoms with Crippen molar-refractivity contribution < 1.29 is 9.30 Å². The number of nitrogens with zero attached hydrogens (tertiary/aromatic N) is 1. The smallest absolute Gasteiger partial charge is 0.182 e. The molecule has 0 fully saturated rings. The van der Waals surface area contributed by atoms with Gasteiger partial charge >= 0.3 is 0 Å². The molecule has 0 spiro atoms. The van der Waals surface area contributed by atoms with Crippen LogP contribution in [0.25, 0.3) is 0 Å². The summed E-state index contributed by atoms with van der Waals surface area (Å²) in [6, 6.07) is 4.15. The minimum atomic E-state index is 0.678. The molecule has 0 aromatic carbocycles. The van der Waals surface area contributed by atoms with Crippen LogP contribution in [0.5, 0.6) is 0 Å². The van der Waals surface area contributed by atoms with E-state index in [9.17, 15) is 0 Å². The van der Waals surface area contributed by atoms with E-state index in [1.807, 2.05) is 12.4 Å². The zero-order chi connectivity index (χ0) is 8.81. The Kier molecular flexibility index (Phi) is 3.33. The molecule has 2 nitrogen and oxygen atoms in total. The van der Waals surface area contributed by atoms with Gasteiger partial charge in [-0.1, -0.05) is 6.58 Å². The van der Waals surface area contributed by atoms with Crippen molar-refractivity contribution in [2.75, 3.05) is 6.61 Å². The third-order valence-corrected chi connectivity index (χ3v) is 1.64. The molecule has 0 saturated heterocycles. The van der Waals surface area contributed by atoms with Gasteiger partial charge in [0.25, 0.3) is 0 Å². The molecule has 1 aromatic rings. The van der Waals surface area contributed by atoms with Crippen molar-refractivity contribution in [2.45, 2.75) is 13.5 Å². The summed E-state index contributed by atoms with van der Waals surface area (Å²) < 4.78 is 7.09. The molecule has 64 valence electrons. The van der Waals surface area contributed by atoms with Crippen LogP contribution in [0, 0.1) is 6.92 Å². The number of aromatic nitrogens is 1. The van der Waals surface area contributed by atoms with Crippen molar-refractivity contribution in [1.82, 2.24) is 0 Å². The lowest BCUT2D eigenvalue weighted by Crippen LogP contribution is -2.34. The number of rotatable bonds is 4. The van der Waals surface area contributed by atoms with Crippen LogP contribution in [0.15, 0.2) is 37.4 Å². The summed E-state index contributed by atoms with van der Waals surface area (Å²) in [5.74, 6) is 0. The molecule has 0 atom stereocenters. The van der Waals surface area contributed by atoms with Gasteiger partial charge in [-0.3, -0.25) is 0 Å². The summed E-state index contributed by atoms with van der Waals surface area (Å²) in [4.78, 5) is 0. The highest BCUT2D eigenvalue weighted by atomic mass is 16.5. The minimum Gasteiger partial charge on any atom is -0.495 e. The van der Waals surface area contributed by atoms with E-state index in [-0.39, 0.29) is 0 Å². The maximum absolute atomic E-state index is 5.01. The average molecular weight is 164 g/mol. The molecule has 0 bridgehead atoms. The molecule has 0 aliphatic heterocycles. The topological polar surface area (TPSA) is 13.1 Å². The van der Waals surface area contributed by atoms with E-state index >= 15 is 0 Å². The van der Waals surface area contributed by atoms with Gasteiger partial charge < -0.3 is 4.74 Å². The Bertz CT molecular complexity index is 241. The standard InChI is InChI=1S/C10H14NO/c1-3-12-9-8-11-6-4-10(2)5-7-11/h3-7H,1,8-9H2,2H3/q+1. The van der Waals surface area contributed by atoms with Crippen LogP contribution in [0.4, 0.5) is 0 Å². The van der Waals surface area contributed by atoms with Crippen molar-refractivity contribution in [3.8, 4) is 0 Å².